The quantitative estimate of drug-likeness (QED) is 0.634. The molecule has 0 aliphatic carbocycles. The maximum absolute atomic E-state index is 12.3. The molecule has 0 saturated carbocycles. The topological polar surface area (TPSA) is 89.3 Å². The van der Waals surface area contributed by atoms with Gasteiger partial charge in [-0.05, 0) is 40.2 Å². The number of hydrogen-bond acceptors (Lipinski definition) is 4. The smallest absolute Gasteiger partial charge is 0.278 e. The van der Waals surface area contributed by atoms with Crippen molar-refractivity contribution in [3.8, 4) is 0 Å². The van der Waals surface area contributed by atoms with E-state index in [0.717, 1.165) is 6.07 Å². The Bertz CT molecular complexity index is 811. The zero-order valence-electron chi connectivity index (χ0n) is 10.3. The molecule has 0 fully saturated rings. The summed E-state index contributed by atoms with van der Waals surface area (Å²) in [4.78, 5) is 9.77. The van der Waals surface area contributed by atoms with Crippen molar-refractivity contribution >= 4 is 48.9 Å². The van der Waals surface area contributed by atoms with Crippen LogP contribution >= 0.6 is 27.5 Å². The van der Waals surface area contributed by atoms with Crippen molar-refractivity contribution in [2.75, 3.05) is 4.72 Å². The van der Waals surface area contributed by atoms with Crippen molar-refractivity contribution in [3.63, 3.8) is 0 Å². The number of halogens is 2. The highest BCUT2D eigenvalue weighted by molar-refractivity contribution is 9.10. The molecule has 1 N–H and O–H groups in total. The predicted molar refractivity (Wildman–Crippen MR) is 83.1 cm³/mol. The number of nitro benzene ring substituents is 1. The Kier molecular flexibility index (Phi) is 4.50. The van der Waals surface area contributed by atoms with Gasteiger partial charge in [0.25, 0.3) is 15.7 Å². The Morgan fingerprint density at radius 3 is 2.48 bits per heavy atom. The van der Waals surface area contributed by atoms with Crippen LogP contribution in [0.15, 0.2) is 51.8 Å². The molecule has 0 bridgehead atoms. The number of hydrogen-bond donors (Lipinski definition) is 1. The van der Waals surface area contributed by atoms with E-state index in [0.29, 0.717) is 9.50 Å². The van der Waals surface area contributed by atoms with Crippen LogP contribution in [-0.4, -0.2) is 13.3 Å². The number of para-hydroxylation sites is 1. The molecule has 0 atom stereocenters. The average Bonchev–Trinajstić information content (AvgIpc) is 2.42. The second kappa shape index (κ2) is 6.00. The normalized spacial score (nSPS) is 11.1. The number of sulfonamides is 1. The van der Waals surface area contributed by atoms with Crippen molar-refractivity contribution in [2.24, 2.45) is 0 Å². The van der Waals surface area contributed by atoms with E-state index in [9.17, 15) is 18.5 Å². The van der Waals surface area contributed by atoms with Gasteiger partial charge < -0.3 is 0 Å². The lowest BCUT2D eigenvalue weighted by Crippen LogP contribution is -2.15. The molecule has 0 radical (unpaired) electrons. The van der Waals surface area contributed by atoms with Gasteiger partial charge in [-0.25, -0.2) is 8.42 Å². The lowest BCUT2D eigenvalue weighted by molar-refractivity contribution is -0.387. The van der Waals surface area contributed by atoms with Gasteiger partial charge in [-0.2, -0.15) is 0 Å². The van der Waals surface area contributed by atoms with Gasteiger partial charge in [0.2, 0.25) is 0 Å². The summed E-state index contributed by atoms with van der Waals surface area (Å²) < 4.78 is 27.3. The average molecular weight is 392 g/mol. The van der Waals surface area contributed by atoms with Crippen LogP contribution in [0.25, 0.3) is 0 Å². The summed E-state index contributed by atoms with van der Waals surface area (Å²) in [6, 6.07) is 9.59. The molecule has 0 aliphatic heterocycles. The van der Waals surface area contributed by atoms with Crippen molar-refractivity contribution in [2.45, 2.75) is 4.90 Å². The van der Waals surface area contributed by atoms with Gasteiger partial charge in [0.15, 0.2) is 4.90 Å². The minimum Gasteiger partial charge on any atom is -0.278 e. The fraction of sp³-hybridized carbons (Fsp3) is 0. The molecule has 9 heteroatoms. The van der Waals surface area contributed by atoms with E-state index in [4.69, 9.17) is 11.6 Å². The van der Waals surface area contributed by atoms with Gasteiger partial charge in [0.1, 0.15) is 0 Å². The summed E-state index contributed by atoms with van der Waals surface area (Å²) >= 11 is 8.95. The fourth-order valence-corrected chi connectivity index (χ4v) is 3.77. The van der Waals surface area contributed by atoms with Gasteiger partial charge in [0, 0.05) is 15.6 Å². The van der Waals surface area contributed by atoms with E-state index < -0.39 is 25.5 Å². The monoisotopic (exact) mass is 390 g/mol. The summed E-state index contributed by atoms with van der Waals surface area (Å²) in [5, 5.41) is 11.3. The fourth-order valence-electron chi connectivity index (χ4n) is 1.61. The Hall–Kier alpha value is -1.64. The number of rotatable bonds is 4. The zero-order chi connectivity index (χ0) is 15.6. The molecule has 2 aromatic rings. The molecule has 0 unspecified atom stereocenters. The van der Waals surface area contributed by atoms with E-state index in [1.165, 1.54) is 36.4 Å². The molecule has 0 aromatic heterocycles. The largest absolute Gasteiger partial charge is 0.289 e. The third-order valence-electron chi connectivity index (χ3n) is 2.53. The number of nitrogens with zero attached hydrogens (tertiary/aromatic N) is 1. The summed E-state index contributed by atoms with van der Waals surface area (Å²) in [6.07, 6.45) is 0. The minimum absolute atomic E-state index is 0.234. The van der Waals surface area contributed by atoms with Gasteiger partial charge in [0.05, 0.1) is 10.6 Å². The van der Waals surface area contributed by atoms with Crippen molar-refractivity contribution in [3.05, 3.63) is 62.1 Å². The van der Waals surface area contributed by atoms with Crippen LogP contribution in [0.2, 0.25) is 5.02 Å². The van der Waals surface area contributed by atoms with Gasteiger partial charge in [-0.15, -0.1) is 0 Å². The van der Waals surface area contributed by atoms with E-state index >= 15 is 0 Å². The maximum Gasteiger partial charge on any atom is 0.289 e. The molecule has 0 amide bonds. The standard InChI is InChI=1S/C12H8BrClN2O4S/c13-9-7-8(14)5-6-10(9)15-21(19,20)12-4-2-1-3-11(12)16(17)18/h1-7,15H. The Balaban J connectivity index is 2.46. The number of nitro groups is 1. The molecule has 2 rings (SSSR count). The number of anilines is 1. The number of nitrogens with one attached hydrogen (secondary N) is 1. The summed E-state index contributed by atoms with van der Waals surface area (Å²) in [5.41, 5.74) is -0.257. The van der Waals surface area contributed by atoms with Crippen molar-refractivity contribution in [1.82, 2.24) is 0 Å². The van der Waals surface area contributed by atoms with Gasteiger partial charge >= 0.3 is 0 Å². The number of benzene rings is 2. The highest BCUT2D eigenvalue weighted by Crippen LogP contribution is 2.30. The molecular weight excluding hydrogens is 384 g/mol. The predicted octanol–water partition coefficient (Wildman–Crippen LogP) is 3.81. The van der Waals surface area contributed by atoms with Gasteiger partial charge in [-0.3, -0.25) is 14.8 Å². The molecular formula is C12H8BrClN2O4S. The Morgan fingerprint density at radius 1 is 1.19 bits per heavy atom. The third kappa shape index (κ3) is 3.52. The summed E-state index contributed by atoms with van der Waals surface area (Å²) in [5.74, 6) is 0. The lowest BCUT2D eigenvalue weighted by atomic mass is 10.3. The van der Waals surface area contributed by atoms with Crippen LogP contribution in [0, 0.1) is 10.1 Å². The van der Waals surface area contributed by atoms with Crippen LogP contribution in [0.4, 0.5) is 11.4 Å². The molecule has 0 spiro atoms. The molecule has 0 aliphatic rings. The zero-order valence-corrected chi connectivity index (χ0v) is 13.4. The molecule has 110 valence electrons. The molecule has 0 heterocycles. The second-order valence-electron chi connectivity index (χ2n) is 3.95. The third-order valence-corrected chi connectivity index (χ3v) is 4.83. The molecule has 0 saturated heterocycles. The second-order valence-corrected chi connectivity index (χ2v) is 6.90. The SMILES string of the molecule is O=[N+]([O-])c1ccccc1S(=O)(=O)Nc1ccc(Cl)cc1Br. The lowest BCUT2D eigenvalue weighted by Gasteiger charge is -2.10. The molecule has 6 nitrogen and oxygen atoms in total. The Labute approximate surface area is 134 Å². The molecule has 21 heavy (non-hydrogen) atoms. The van der Waals surface area contributed by atoms with E-state index in [1.54, 1.807) is 0 Å². The highest BCUT2D eigenvalue weighted by atomic mass is 79.9. The van der Waals surface area contributed by atoms with Crippen molar-refractivity contribution in [1.29, 1.82) is 0 Å². The highest BCUT2D eigenvalue weighted by Gasteiger charge is 2.25. The van der Waals surface area contributed by atoms with Crippen LogP contribution in [0.1, 0.15) is 0 Å². The van der Waals surface area contributed by atoms with E-state index in [2.05, 4.69) is 20.7 Å². The van der Waals surface area contributed by atoms with Crippen LogP contribution < -0.4 is 4.72 Å². The van der Waals surface area contributed by atoms with Crippen molar-refractivity contribution < 1.29 is 13.3 Å². The van der Waals surface area contributed by atoms with Crippen LogP contribution in [0.3, 0.4) is 0 Å². The summed E-state index contributed by atoms with van der Waals surface area (Å²) in [7, 11) is -4.09. The Morgan fingerprint density at radius 2 is 1.86 bits per heavy atom. The first kappa shape index (κ1) is 15.7. The van der Waals surface area contributed by atoms with E-state index in [1.807, 2.05) is 0 Å². The maximum atomic E-state index is 12.3. The van der Waals surface area contributed by atoms with Crippen LogP contribution in [-0.2, 0) is 10.0 Å². The van der Waals surface area contributed by atoms with Gasteiger partial charge in [-0.1, -0.05) is 23.7 Å². The van der Waals surface area contributed by atoms with E-state index in [-0.39, 0.29) is 5.69 Å². The first-order valence-electron chi connectivity index (χ1n) is 5.52. The first-order valence-corrected chi connectivity index (χ1v) is 8.18. The first-order chi connectivity index (χ1) is 9.81. The minimum atomic E-state index is -4.09. The molecule has 2 aromatic carbocycles. The van der Waals surface area contributed by atoms with Crippen LogP contribution in [0.5, 0.6) is 0 Å². The summed E-state index contributed by atoms with van der Waals surface area (Å²) in [6.45, 7) is 0.